The summed E-state index contributed by atoms with van der Waals surface area (Å²) in [6.45, 7) is 8.13. The average Bonchev–Trinajstić information content (AvgIpc) is 2.21. The van der Waals surface area contributed by atoms with E-state index in [0.717, 1.165) is 0 Å². The molecule has 90 valence electrons. The van der Waals surface area contributed by atoms with E-state index in [1.807, 2.05) is 0 Å². The molecule has 5 heteroatoms. The molecule has 0 rings (SSSR count). The Labute approximate surface area is 90.8 Å². The summed E-state index contributed by atoms with van der Waals surface area (Å²) in [5.74, 6) is 0. The Morgan fingerprint density at radius 2 is 1.73 bits per heavy atom. The van der Waals surface area contributed by atoms with E-state index in [1.54, 1.807) is 6.92 Å². The van der Waals surface area contributed by atoms with Crippen molar-refractivity contribution in [3.8, 4) is 0 Å². The summed E-state index contributed by atoms with van der Waals surface area (Å²) >= 11 is 0. The zero-order valence-electron chi connectivity index (χ0n) is 9.28. The maximum absolute atomic E-state index is 9.18. The Morgan fingerprint density at radius 1 is 1.20 bits per heavy atom. The Bertz CT molecular complexity index is 164. The number of hydrogen-bond acceptors (Lipinski definition) is 5. The van der Waals surface area contributed by atoms with Crippen LogP contribution in [0.5, 0.6) is 0 Å². The van der Waals surface area contributed by atoms with E-state index in [0.29, 0.717) is 45.2 Å². The monoisotopic (exact) mass is 219 g/mol. The van der Waals surface area contributed by atoms with Gasteiger partial charge in [0, 0.05) is 6.54 Å². The van der Waals surface area contributed by atoms with Gasteiger partial charge in [0.15, 0.2) is 6.29 Å². The van der Waals surface area contributed by atoms with Gasteiger partial charge in [-0.15, -0.1) is 0 Å². The van der Waals surface area contributed by atoms with Gasteiger partial charge in [-0.2, -0.15) is 0 Å². The van der Waals surface area contributed by atoms with Gasteiger partial charge in [0.25, 0.3) is 0 Å². The zero-order valence-corrected chi connectivity index (χ0v) is 9.28. The molecule has 0 fully saturated rings. The molecule has 3 N–H and O–H groups in total. The fourth-order valence-corrected chi connectivity index (χ4v) is 0.766. The summed E-state index contributed by atoms with van der Waals surface area (Å²) in [4.78, 5) is 0. The minimum Gasteiger partial charge on any atom is -0.378 e. The second kappa shape index (κ2) is 10.1. The molecule has 0 aromatic rings. The SMILES string of the molecule is C=C(C)C(O)OCCOCCOCCN. The zero-order chi connectivity index (χ0) is 11.5. The summed E-state index contributed by atoms with van der Waals surface area (Å²) in [5, 5.41) is 9.18. The Kier molecular flexibility index (Phi) is 9.76. The smallest absolute Gasteiger partial charge is 0.176 e. The molecule has 5 nitrogen and oxygen atoms in total. The lowest BCUT2D eigenvalue weighted by molar-refractivity contribution is -0.0900. The predicted molar refractivity (Wildman–Crippen MR) is 57.5 cm³/mol. The van der Waals surface area contributed by atoms with Gasteiger partial charge in [-0.05, 0) is 12.5 Å². The van der Waals surface area contributed by atoms with Crippen LogP contribution in [0.15, 0.2) is 12.2 Å². The van der Waals surface area contributed by atoms with Crippen LogP contribution in [-0.2, 0) is 14.2 Å². The summed E-state index contributed by atoms with van der Waals surface area (Å²) in [6, 6.07) is 0. The van der Waals surface area contributed by atoms with Gasteiger partial charge in [0.1, 0.15) is 0 Å². The molecule has 0 radical (unpaired) electrons. The largest absolute Gasteiger partial charge is 0.378 e. The second-order valence-electron chi connectivity index (χ2n) is 3.08. The van der Waals surface area contributed by atoms with Crippen LogP contribution in [0.25, 0.3) is 0 Å². The van der Waals surface area contributed by atoms with Crippen molar-refractivity contribution in [1.82, 2.24) is 0 Å². The summed E-state index contributed by atoms with van der Waals surface area (Å²) in [6.07, 6.45) is -0.901. The molecule has 0 aromatic carbocycles. The normalized spacial score (nSPS) is 12.7. The average molecular weight is 219 g/mol. The molecule has 0 aliphatic rings. The van der Waals surface area contributed by atoms with Crippen LogP contribution in [0.4, 0.5) is 0 Å². The minimum absolute atomic E-state index is 0.338. The molecule has 1 unspecified atom stereocenters. The van der Waals surface area contributed by atoms with Gasteiger partial charge in [0.05, 0.1) is 33.0 Å². The second-order valence-corrected chi connectivity index (χ2v) is 3.08. The van der Waals surface area contributed by atoms with Gasteiger partial charge in [-0.3, -0.25) is 0 Å². The third kappa shape index (κ3) is 9.84. The molecule has 0 amide bonds. The van der Waals surface area contributed by atoms with Crippen molar-refractivity contribution in [2.45, 2.75) is 13.2 Å². The fraction of sp³-hybridized carbons (Fsp3) is 0.800. The molecule has 0 spiro atoms. The maximum Gasteiger partial charge on any atom is 0.176 e. The molecule has 0 heterocycles. The first-order valence-corrected chi connectivity index (χ1v) is 4.99. The van der Waals surface area contributed by atoms with Crippen molar-refractivity contribution in [2.75, 3.05) is 39.6 Å². The molecule has 0 bridgehead atoms. The number of aliphatic hydroxyl groups excluding tert-OH is 1. The highest BCUT2D eigenvalue weighted by molar-refractivity contribution is 4.91. The molecule has 0 aliphatic heterocycles. The standard InChI is InChI=1S/C10H21NO4/c1-9(2)10(12)15-8-7-14-6-5-13-4-3-11/h10,12H,1,3-8,11H2,2H3. The van der Waals surface area contributed by atoms with Crippen LogP contribution in [0, 0.1) is 0 Å². The number of rotatable bonds is 10. The van der Waals surface area contributed by atoms with Gasteiger partial charge in [-0.1, -0.05) is 6.58 Å². The van der Waals surface area contributed by atoms with E-state index in [4.69, 9.17) is 19.9 Å². The quantitative estimate of drug-likeness (QED) is 0.305. The molecule has 0 aliphatic carbocycles. The van der Waals surface area contributed by atoms with Gasteiger partial charge in [0.2, 0.25) is 0 Å². The van der Waals surface area contributed by atoms with E-state index in [-0.39, 0.29) is 0 Å². The lowest BCUT2D eigenvalue weighted by Crippen LogP contribution is -2.17. The third-order valence-electron chi connectivity index (χ3n) is 1.56. The van der Waals surface area contributed by atoms with Crippen LogP contribution in [-0.4, -0.2) is 51.0 Å². The third-order valence-corrected chi connectivity index (χ3v) is 1.56. The van der Waals surface area contributed by atoms with E-state index in [9.17, 15) is 5.11 Å². The Hall–Kier alpha value is -0.460. The van der Waals surface area contributed by atoms with E-state index in [2.05, 4.69) is 6.58 Å². The fourth-order valence-electron chi connectivity index (χ4n) is 0.766. The van der Waals surface area contributed by atoms with Crippen LogP contribution < -0.4 is 5.73 Å². The van der Waals surface area contributed by atoms with Crippen molar-refractivity contribution in [1.29, 1.82) is 0 Å². The van der Waals surface area contributed by atoms with E-state index < -0.39 is 6.29 Å². The van der Waals surface area contributed by atoms with Gasteiger partial charge >= 0.3 is 0 Å². The molecule has 15 heavy (non-hydrogen) atoms. The van der Waals surface area contributed by atoms with Crippen molar-refractivity contribution in [2.24, 2.45) is 5.73 Å². The van der Waals surface area contributed by atoms with Crippen LogP contribution in [0.3, 0.4) is 0 Å². The first-order valence-electron chi connectivity index (χ1n) is 4.99. The van der Waals surface area contributed by atoms with Crippen molar-refractivity contribution >= 4 is 0 Å². The highest BCUT2D eigenvalue weighted by Gasteiger charge is 2.02. The summed E-state index contributed by atoms with van der Waals surface area (Å²) < 4.78 is 15.3. The summed E-state index contributed by atoms with van der Waals surface area (Å²) in [7, 11) is 0. The van der Waals surface area contributed by atoms with Crippen molar-refractivity contribution in [3.05, 3.63) is 12.2 Å². The molecule has 0 saturated heterocycles. The van der Waals surface area contributed by atoms with Crippen LogP contribution in [0.2, 0.25) is 0 Å². The molecule has 1 atom stereocenters. The van der Waals surface area contributed by atoms with Gasteiger partial charge in [-0.25, -0.2) is 0 Å². The molecule has 0 saturated carbocycles. The first kappa shape index (κ1) is 14.5. The van der Waals surface area contributed by atoms with Crippen LogP contribution in [0.1, 0.15) is 6.92 Å². The highest BCUT2D eigenvalue weighted by atomic mass is 16.6. The van der Waals surface area contributed by atoms with E-state index in [1.165, 1.54) is 0 Å². The Balaban J connectivity index is 3.08. The lowest BCUT2D eigenvalue weighted by atomic mass is 10.3. The number of hydrogen-bond donors (Lipinski definition) is 2. The van der Waals surface area contributed by atoms with Crippen molar-refractivity contribution < 1.29 is 19.3 Å². The van der Waals surface area contributed by atoms with Crippen molar-refractivity contribution in [3.63, 3.8) is 0 Å². The maximum atomic E-state index is 9.18. The van der Waals surface area contributed by atoms with E-state index >= 15 is 0 Å². The lowest BCUT2D eigenvalue weighted by Gasteiger charge is -2.11. The minimum atomic E-state index is -0.901. The number of ether oxygens (including phenoxy) is 3. The number of nitrogens with two attached hydrogens (primary N) is 1. The Morgan fingerprint density at radius 3 is 2.27 bits per heavy atom. The predicted octanol–water partition coefficient (Wildman–Crippen LogP) is -0.111. The topological polar surface area (TPSA) is 73.9 Å². The highest BCUT2D eigenvalue weighted by Crippen LogP contribution is 1.98. The van der Waals surface area contributed by atoms with Crippen LogP contribution >= 0.6 is 0 Å². The first-order chi connectivity index (χ1) is 7.18. The molecular weight excluding hydrogens is 198 g/mol. The summed E-state index contributed by atoms with van der Waals surface area (Å²) in [5.41, 5.74) is 5.82. The molecule has 0 aromatic heterocycles. The van der Waals surface area contributed by atoms with Gasteiger partial charge < -0.3 is 25.1 Å². The number of aliphatic hydroxyl groups is 1. The molecular formula is C10H21NO4.